The third-order valence-electron chi connectivity index (χ3n) is 9.32. The number of rotatable bonds is 12. The number of nitrogens with zero attached hydrogens (tertiary/aromatic N) is 2. The molecular weight excluding hydrogens is 677 g/mol. The van der Waals surface area contributed by atoms with Crippen LogP contribution in [-0.2, 0) is 44.2 Å². The predicted molar refractivity (Wildman–Crippen MR) is 186 cm³/mol. The van der Waals surface area contributed by atoms with Gasteiger partial charge >= 0.3 is 0 Å². The Bertz CT molecular complexity index is 1630. The molecule has 2 saturated heterocycles. The first-order valence-corrected chi connectivity index (χ1v) is 20.1. The first kappa shape index (κ1) is 40.6. The Morgan fingerprint density at radius 2 is 1.24 bits per heavy atom. The average molecular weight is 731 g/mol. The highest BCUT2D eigenvalue weighted by molar-refractivity contribution is 7.93. The summed E-state index contributed by atoms with van der Waals surface area (Å²) in [6.45, 7) is 17.8. The molecule has 16 heteroatoms. The number of hydrogen-bond acceptors (Lipinski definition) is 12. The summed E-state index contributed by atoms with van der Waals surface area (Å²) < 4.78 is 68.4. The van der Waals surface area contributed by atoms with Gasteiger partial charge in [-0.15, -0.1) is 0 Å². The van der Waals surface area contributed by atoms with E-state index in [9.17, 15) is 26.4 Å². The maximum absolute atomic E-state index is 12.8. The maximum Gasteiger partial charge on any atom is 0.247 e. The van der Waals surface area contributed by atoms with Crippen molar-refractivity contribution in [2.75, 3.05) is 48.6 Å². The van der Waals surface area contributed by atoms with Crippen molar-refractivity contribution >= 4 is 43.3 Å². The lowest BCUT2D eigenvalue weighted by molar-refractivity contribution is -0.118. The van der Waals surface area contributed by atoms with Crippen LogP contribution in [0.3, 0.4) is 0 Å². The Kier molecular flexibility index (Phi) is 13.3. The fourth-order valence-electron chi connectivity index (χ4n) is 4.95. The van der Waals surface area contributed by atoms with Crippen molar-refractivity contribution in [2.45, 2.75) is 109 Å². The van der Waals surface area contributed by atoms with Crippen molar-refractivity contribution in [2.24, 2.45) is 11.8 Å². The molecule has 2 N–H and O–H groups in total. The summed E-state index contributed by atoms with van der Waals surface area (Å²) in [5, 5.41) is 12.9. The van der Waals surface area contributed by atoms with Gasteiger partial charge in [0, 0.05) is 43.3 Å². The first-order valence-electron chi connectivity index (χ1n) is 16.8. The molecule has 0 saturated carbocycles. The zero-order valence-electron chi connectivity index (χ0n) is 30.3. The fraction of sp³-hybridized carbons (Fsp3) is 0.758. The maximum atomic E-state index is 12.8. The minimum Gasteiger partial charge on any atom is -0.381 e. The number of carbonyl (C=O) groups excluding carboxylic acids is 2. The average Bonchev–Trinajstić information content (AvgIpc) is 3.80. The lowest BCUT2D eigenvalue weighted by Gasteiger charge is -2.28. The van der Waals surface area contributed by atoms with Gasteiger partial charge in [-0.25, -0.2) is 16.8 Å². The molecule has 4 rings (SSSR count). The third kappa shape index (κ3) is 10.4. The standard InChI is InChI=1S/C17H28N2O5S.C16H26N2O5S/c1-5-12(2)14-10-15(24-19-14)18-16(20)17(3,4)25(21,22)11-13-6-8-23-9-7-13;1-15(2,3)12-8-13(23-18-12)17-14(19)16(4,5)24(20,21)10-11-6-7-22-9-11/h10,12-13H,5-9,11H2,1-4H3,(H,18,20);8,11H,6-7,9-10H2,1-5H3,(H,17,19). The number of anilines is 2. The van der Waals surface area contributed by atoms with Crippen molar-refractivity contribution in [3.63, 3.8) is 0 Å². The topological polar surface area (TPSA) is 197 Å². The van der Waals surface area contributed by atoms with Crippen molar-refractivity contribution < 1.29 is 44.9 Å². The van der Waals surface area contributed by atoms with Crippen LogP contribution < -0.4 is 10.6 Å². The number of aromatic nitrogens is 2. The molecule has 2 unspecified atom stereocenters. The largest absolute Gasteiger partial charge is 0.381 e. The minimum absolute atomic E-state index is 0.00863. The summed E-state index contributed by atoms with van der Waals surface area (Å²) >= 11 is 0. The normalized spacial score (nSPS) is 18.8. The Morgan fingerprint density at radius 3 is 1.71 bits per heavy atom. The quantitative estimate of drug-likeness (QED) is 0.301. The molecule has 14 nitrogen and oxygen atoms in total. The molecule has 278 valence electrons. The summed E-state index contributed by atoms with van der Waals surface area (Å²) in [6.07, 6.45) is 3.01. The van der Waals surface area contributed by atoms with Crippen LogP contribution in [0.1, 0.15) is 105 Å². The van der Waals surface area contributed by atoms with E-state index in [-0.39, 0.29) is 46.4 Å². The van der Waals surface area contributed by atoms with Crippen LogP contribution in [0.5, 0.6) is 0 Å². The highest BCUT2D eigenvalue weighted by Crippen LogP contribution is 2.29. The summed E-state index contributed by atoms with van der Waals surface area (Å²) in [6, 6.07) is 3.26. The van der Waals surface area contributed by atoms with Gasteiger partial charge in [0.25, 0.3) is 0 Å². The fourth-order valence-corrected chi connectivity index (χ4v) is 8.29. The molecule has 49 heavy (non-hydrogen) atoms. The summed E-state index contributed by atoms with van der Waals surface area (Å²) in [4.78, 5) is 25.1. The third-order valence-corrected chi connectivity index (χ3v) is 14.6. The Morgan fingerprint density at radius 1 is 0.776 bits per heavy atom. The van der Waals surface area contributed by atoms with Gasteiger partial charge in [0.05, 0.1) is 29.5 Å². The number of nitrogens with one attached hydrogen (secondary N) is 2. The molecule has 0 radical (unpaired) electrons. The Hall–Kier alpha value is -2.82. The predicted octanol–water partition coefficient (Wildman–Crippen LogP) is 4.89. The van der Waals surface area contributed by atoms with E-state index in [0.29, 0.717) is 51.4 Å². The molecule has 2 aliphatic rings. The highest BCUT2D eigenvalue weighted by atomic mass is 32.2. The molecule has 2 fully saturated rings. The Balaban J connectivity index is 0.000000266. The number of carbonyl (C=O) groups is 2. The van der Waals surface area contributed by atoms with E-state index >= 15 is 0 Å². The molecule has 2 aromatic heterocycles. The van der Waals surface area contributed by atoms with Crippen LogP contribution >= 0.6 is 0 Å². The van der Waals surface area contributed by atoms with Crippen molar-refractivity contribution in [3.8, 4) is 0 Å². The molecule has 2 amide bonds. The van der Waals surface area contributed by atoms with Gasteiger partial charge in [0.2, 0.25) is 23.6 Å². The van der Waals surface area contributed by atoms with Crippen molar-refractivity contribution in [3.05, 3.63) is 23.5 Å². The number of sulfone groups is 2. The second-order valence-electron chi connectivity index (χ2n) is 15.0. The Labute approximate surface area is 290 Å². The van der Waals surface area contributed by atoms with Crippen LogP contribution in [0.4, 0.5) is 11.8 Å². The minimum atomic E-state index is -3.64. The van der Waals surface area contributed by atoms with E-state index in [0.717, 1.165) is 12.1 Å². The first-order chi connectivity index (χ1) is 22.6. The van der Waals surface area contributed by atoms with Gasteiger partial charge in [-0.3, -0.25) is 20.2 Å². The van der Waals surface area contributed by atoms with Gasteiger partial charge in [-0.1, -0.05) is 44.9 Å². The lowest BCUT2D eigenvalue weighted by Crippen LogP contribution is -2.47. The van der Waals surface area contributed by atoms with Crippen LogP contribution in [0.15, 0.2) is 21.2 Å². The van der Waals surface area contributed by atoms with Gasteiger partial charge in [-0.05, 0) is 65.2 Å². The van der Waals surface area contributed by atoms with Gasteiger partial charge in [-0.2, -0.15) is 0 Å². The highest BCUT2D eigenvalue weighted by Gasteiger charge is 2.44. The van der Waals surface area contributed by atoms with Crippen LogP contribution in [0.2, 0.25) is 0 Å². The lowest BCUT2D eigenvalue weighted by atomic mass is 9.92. The number of amides is 2. The molecule has 4 heterocycles. The number of ether oxygens (including phenoxy) is 2. The molecular formula is C33H54N4O10S2. The van der Waals surface area contributed by atoms with E-state index < -0.39 is 41.0 Å². The smallest absolute Gasteiger partial charge is 0.247 e. The van der Waals surface area contributed by atoms with Crippen LogP contribution in [0.25, 0.3) is 0 Å². The zero-order valence-corrected chi connectivity index (χ0v) is 31.9. The van der Waals surface area contributed by atoms with E-state index in [1.165, 1.54) is 27.7 Å². The van der Waals surface area contributed by atoms with Gasteiger partial charge in [0.15, 0.2) is 19.7 Å². The summed E-state index contributed by atoms with van der Waals surface area (Å²) in [5.74, 6) is -0.786. The van der Waals surface area contributed by atoms with Gasteiger partial charge in [0.1, 0.15) is 9.49 Å². The SMILES string of the molecule is CC(C)(C)c1cc(NC(=O)C(C)(C)S(=O)(=O)CC2CCOC2)on1.CCC(C)c1cc(NC(=O)C(C)(C)S(=O)(=O)CC2CCOCC2)on1. The van der Waals surface area contributed by atoms with E-state index in [2.05, 4.69) is 20.9 Å². The molecule has 0 bridgehead atoms. The van der Waals surface area contributed by atoms with Crippen LogP contribution in [-0.4, -0.2) is 86.4 Å². The second-order valence-corrected chi connectivity index (χ2v) is 20.2. The molecule has 0 aliphatic carbocycles. The molecule has 2 aromatic rings. The molecule has 2 aliphatic heterocycles. The molecule has 2 atom stereocenters. The van der Waals surface area contributed by atoms with E-state index in [1.807, 2.05) is 34.6 Å². The zero-order chi connectivity index (χ0) is 36.8. The molecule has 0 aromatic carbocycles. The second kappa shape index (κ2) is 16.0. The van der Waals surface area contributed by atoms with Crippen molar-refractivity contribution in [1.29, 1.82) is 0 Å². The van der Waals surface area contributed by atoms with Crippen molar-refractivity contribution in [1.82, 2.24) is 10.3 Å². The monoisotopic (exact) mass is 730 g/mol. The van der Waals surface area contributed by atoms with Crippen LogP contribution in [0, 0.1) is 11.8 Å². The van der Waals surface area contributed by atoms with Gasteiger partial charge < -0.3 is 18.5 Å². The summed E-state index contributed by atoms with van der Waals surface area (Å²) in [5.41, 5.74) is 1.19. The van der Waals surface area contributed by atoms with E-state index in [4.69, 9.17) is 18.5 Å². The number of hydrogen-bond donors (Lipinski definition) is 2. The van der Waals surface area contributed by atoms with E-state index in [1.54, 1.807) is 12.1 Å². The summed E-state index contributed by atoms with van der Waals surface area (Å²) in [7, 11) is -7.26. The molecule has 0 spiro atoms.